The highest BCUT2D eigenvalue weighted by Crippen LogP contribution is 2.29. The van der Waals surface area contributed by atoms with Crippen molar-refractivity contribution in [1.29, 1.82) is 0 Å². The van der Waals surface area contributed by atoms with Crippen LogP contribution in [-0.2, 0) is 22.7 Å². The second kappa shape index (κ2) is 6.89. The zero-order chi connectivity index (χ0) is 17.2. The first-order valence-electron chi connectivity index (χ1n) is 8.32. The van der Waals surface area contributed by atoms with Crippen molar-refractivity contribution in [1.82, 2.24) is 10.3 Å². The zero-order valence-electron chi connectivity index (χ0n) is 13.8. The van der Waals surface area contributed by atoms with Crippen LogP contribution in [0.1, 0.15) is 40.9 Å². The normalized spacial score (nSPS) is 14.4. The number of rotatable bonds is 5. The quantitative estimate of drug-likeness (QED) is 0.843. The highest BCUT2D eigenvalue weighted by Gasteiger charge is 2.22. The van der Waals surface area contributed by atoms with Crippen LogP contribution in [-0.4, -0.2) is 37.9 Å². The first kappa shape index (κ1) is 16.9. The molecule has 1 amide bonds. The molecule has 128 valence electrons. The van der Waals surface area contributed by atoms with Crippen LogP contribution in [0, 0.1) is 0 Å². The summed E-state index contributed by atoms with van der Waals surface area (Å²) in [7, 11) is -3.00. The lowest BCUT2D eigenvalue weighted by Crippen LogP contribution is -2.28. The van der Waals surface area contributed by atoms with Gasteiger partial charge < -0.3 is 5.32 Å². The number of aryl methyl sites for hydroxylation is 1. The van der Waals surface area contributed by atoms with Gasteiger partial charge in [-0.1, -0.05) is 18.2 Å². The van der Waals surface area contributed by atoms with Gasteiger partial charge in [-0.15, -0.1) is 0 Å². The molecule has 1 heterocycles. The van der Waals surface area contributed by atoms with Crippen molar-refractivity contribution in [2.24, 2.45) is 0 Å². The summed E-state index contributed by atoms with van der Waals surface area (Å²) in [5.74, 6) is -0.0390. The van der Waals surface area contributed by atoms with Crippen molar-refractivity contribution < 1.29 is 13.2 Å². The summed E-state index contributed by atoms with van der Waals surface area (Å²) in [4.78, 5) is 17.5. The molecule has 0 saturated heterocycles. The van der Waals surface area contributed by atoms with Crippen LogP contribution in [0.4, 0.5) is 0 Å². The van der Waals surface area contributed by atoms with E-state index < -0.39 is 9.84 Å². The van der Waals surface area contributed by atoms with Crippen LogP contribution in [0.15, 0.2) is 24.3 Å². The lowest BCUT2D eigenvalue weighted by atomic mass is 9.89. The van der Waals surface area contributed by atoms with Crippen molar-refractivity contribution in [3.8, 4) is 0 Å². The van der Waals surface area contributed by atoms with Gasteiger partial charge in [0.2, 0.25) is 0 Å². The molecular formula is C18H22N2O3S. The molecule has 0 saturated carbocycles. The summed E-state index contributed by atoms with van der Waals surface area (Å²) in [5, 5.41) is 3.76. The minimum absolute atomic E-state index is 0.0858. The highest BCUT2D eigenvalue weighted by atomic mass is 32.2. The van der Waals surface area contributed by atoms with Crippen molar-refractivity contribution in [3.63, 3.8) is 0 Å². The summed E-state index contributed by atoms with van der Waals surface area (Å²) in [6.45, 7) is 0.358. The standard InChI is InChI=1S/C18H22N2O3S/c1-24(22,23)12-6-11-19-18(21)17-13-7-2-4-9-15(13)20-16-10-5-3-8-14(16)17/h2,4,7,9H,3,5-6,8,10-12H2,1H3,(H,19,21). The molecule has 1 aromatic carbocycles. The van der Waals surface area contributed by atoms with Gasteiger partial charge in [0.1, 0.15) is 9.84 Å². The van der Waals surface area contributed by atoms with E-state index in [-0.39, 0.29) is 11.7 Å². The van der Waals surface area contributed by atoms with Gasteiger partial charge in [-0.3, -0.25) is 9.78 Å². The Morgan fingerprint density at radius 1 is 1.21 bits per heavy atom. The molecule has 1 aromatic heterocycles. The molecule has 1 aliphatic carbocycles. The van der Waals surface area contributed by atoms with Crippen LogP contribution in [0.25, 0.3) is 10.9 Å². The number of fused-ring (bicyclic) bond motifs is 2. The van der Waals surface area contributed by atoms with Crippen LogP contribution in [0.5, 0.6) is 0 Å². The second-order valence-electron chi connectivity index (χ2n) is 6.38. The second-order valence-corrected chi connectivity index (χ2v) is 8.64. The van der Waals surface area contributed by atoms with E-state index in [1.807, 2.05) is 24.3 Å². The van der Waals surface area contributed by atoms with Gasteiger partial charge in [-0.2, -0.15) is 0 Å². The van der Waals surface area contributed by atoms with Crippen LogP contribution in [0.3, 0.4) is 0 Å². The number of benzene rings is 1. The number of pyridine rings is 1. The number of carbonyl (C=O) groups is 1. The molecular weight excluding hydrogens is 324 g/mol. The average molecular weight is 346 g/mol. The maximum absolute atomic E-state index is 12.8. The first-order valence-corrected chi connectivity index (χ1v) is 10.4. The molecule has 0 fully saturated rings. The number of carbonyl (C=O) groups excluding carboxylic acids is 1. The molecule has 24 heavy (non-hydrogen) atoms. The third kappa shape index (κ3) is 3.75. The van der Waals surface area contributed by atoms with Gasteiger partial charge in [0.25, 0.3) is 5.91 Å². The van der Waals surface area contributed by atoms with E-state index in [4.69, 9.17) is 4.98 Å². The lowest BCUT2D eigenvalue weighted by molar-refractivity contribution is 0.0954. The Balaban J connectivity index is 1.88. The summed E-state index contributed by atoms with van der Waals surface area (Å²) < 4.78 is 22.4. The summed E-state index contributed by atoms with van der Waals surface area (Å²) in [6.07, 6.45) is 5.60. The van der Waals surface area contributed by atoms with Crippen LogP contribution in [0.2, 0.25) is 0 Å². The molecule has 0 bridgehead atoms. The molecule has 1 aliphatic rings. The monoisotopic (exact) mass is 346 g/mol. The Bertz CT molecular complexity index is 875. The number of hydrogen-bond acceptors (Lipinski definition) is 4. The molecule has 0 aliphatic heterocycles. The minimum Gasteiger partial charge on any atom is -0.352 e. The first-order chi connectivity index (χ1) is 11.5. The molecule has 3 rings (SSSR count). The lowest BCUT2D eigenvalue weighted by Gasteiger charge is -2.20. The van der Waals surface area contributed by atoms with Gasteiger partial charge in [0.05, 0.1) is 16.8 Å². The van der Waals surface area contributed by atoms with Gasteiger partial charge >= 0.3 is 0 Å². The molecule has 0 atom stereocenters. The Hall–Kier alpha value is -1.95. The predicted molar refractivity (Wildman–Crippen MR) is 95.0 cm³/mol. The van der Waals surface area contributed by atoms with Gasteiger partial charge in [-0.25, -0.2) is 8.42 Å². The molecule has 0 unspecified atom stereocenters. The highest BCUT2D eigenvalue weighted by molar-refractivity contribution is 7.90. The largest absolute Gasteiger partial charge is 0.352 e. The smallest absolute Gasteiger partial charge is 0.252 e. The fraction of sp³-hybridized carbons (Fsp3) is 0.444. The van der Waals surface area contributed by atoms with Crippen molar-refractivity contribution in [2.75, 3.05) is 18.6 Å². The number of hydrogen-bond donors (Lipinski definition) is 1. The van der Waals surface area contributed by atoms with E-state index in [2.05, 4.69) is 5.32 Å². The molecule has 0 spiro atoms. The maximum atomic E-state index is 12.8. The summed E-state index contributed by atoms with van der Waals surface area (Å²) >= 11 is 0. The Kier molecular flexibility index (Phi) is 4.85. The minimum atomic E-state index is -3.00. The predicted octanol–water partition coefficient (Wildman–Crippen LogP) is 2.28. The number of nitrogens with zero attached hydrogens (tertiary/aromatic N) is 1. The van der Waals surface area contributed by atoms with E-state index in [9.17, 15) is 13.2 Å². The molecule has 5 nitrogen and oxygen atoms in total. The van der Waals surface area contributed by atoms with E-state index in [0.29, 0.717) is 13.0 Å². The summed E-state index contributed by atoms with van der Waals surface area (Å²) in [5.41, 5.74) is 3.65. The topological polar surface area (TPSA) is 76.1 Å². The Labute approximate surface area is 142 Å². The van der Waals surface area contributed by atoms with Crippen molar-refractivity contribution in [3.05, 3.63) is 41.1 Å². The molecule has 2 aromatic rings. The van der Waals surface area contributed by atoms with E-state index >= 15 is 0 Å². The van der Waals surface area contributed by atoms with Gasteiger partial charge in [-0.05, 0) is 43.7 Å². The van der Waals surface area contributed by atoms with E-state index in [1.54, 1.807) is 0 Å². The third-order valence-electron chi connectivity index (χ3n) is 4.37. The zero-order valence-corrected chi connectivity index (χ0v) is 14.7. The average Bonchev–Trinajstić information content (AvgIpc) is 2.55. The number of amides is 1. The van der Waals surface area contributed by atoms with E-state index in [1.165, 1.54) is 6.26 Å². The number of nitrogens with one attached hydrogen (secondary N) is 1. The van der Waals surface area contributed by atoms with Crippen molar-refractivity contribution >= 4 is 26.6 Å². The number of para-hydroxylation sites is 1. The van der Waals surface area contributed by atoms with Gasteiger partial charge in [0, 0.05) is 23.9 Å². The number of aromatic nitrogens is 1. The fourth-order valence-corrected chi connectivity index (χ4v) is 3.93. The third-order valence-corrected chi connectivity index (χ3v) is 5.40. The molecule has 1 N–H and O–H groups in total. The van der Waals surface area contributed by atoms with Crippen LogP contribution < -0.4 is 5.32 Å². The van der Waals surface area contributed by atoms with Crippen LogP contribution >= 0.6 is 0 Å². The number of sulfone groups is 1. The van der Waals surface area contributed by atoms with Crippen molar-refractivity contribution in [2.45, 2.75) is 32.1 Å². The maximum Gasteiger partial charge on any atom is 0.252 e. The molecule has 0 radical (unpaired) electrons. The van der Waals surface area contributed by atoms with E-state index in [0.717, 1.165) is 53.4 Å². The van der Waals surface area contributed by atoms with Gasteiger partial charge in [0.15, 0.2) is 0 Å². The molecule has 6 heteroatoms. The fourth-order valence-electron chi connectivity index (χ4n) is 3.26. The summed E-state index contributed by atoms with van der Waals surface area (Å²) in [6, 6.07) is 7.71. The SMILES string of the molecule is CS(=O)(=O)CCCNC(=O)c1c2c(nc3ccccc13)CCCC2. The Morgan fingerprint density at radius 3 is 2.75 bits per heavy atom. The Morgan fingerprint density at radius 2 is 1.96 bits per heavy atom.